The second-order valence-corrected chi connectivity index (χ2v) is 6.08. The normalized spacial score (nSPS) is 18.0. The fourth-order valence-corrected chi connectivity index (χ4v) is 3.27. The van der Waals surface area contributed by atoms with Crippen LogP contribution in [0, 0.1) is 0 Å². The van der Waals surface area contributed by atoms with Crippen molar-refractivity contribution in [1.82, 2.24) is 9.97 Å². The van der Waals surface area contributed by atoms with Gasteiger partial charge in [0.15, 0.2) is 5.82 Å². The van der Waals surface area contributed by atoms with Gasteiger partial charge in [0.2, 0.25) is 0 Å². The minimum Gasteiger partial charge on any atom is -0.377 e. The molecule has 1 aliphatic heterocycles. The second kappa shape index (κ2) is 6.57. The van der Waals surface area contributed by atoms with Crippen molar-refractivity contribution >= 4 is 16.7 Å². The Kier molecular flexibility index (Phi) is 4.13. The first-order chi connectivity index (χ1) is 11.9. The zero-order chi connectivity index (χ0) is 16.4. The first-order valence-electron chi connectivity index (χ1n) is 8.53. The SMILES string of the molecule is CCC1COCCN1c1nc(-c2ccccc2)nc2ccccc12. The zero-order valence-corrected chi connectivity index (χ0v) is 13.9. The first-order valence-corrected chi connectivity index (χ1v) is 8.53. The van der Waals surface area contributed by atoms with Gasteiger partial charge in [-0.25, -0.2) is 9.97 Å². The van der Waals surface area contributed by atoms with Gasteiger partial charge in [0, 0.05) is 17.5 Å². The van der Waals surface area contributed by atoms with Gasteiger partial charge in [0.25, 0.3) is 0 Å². The van der Waals surface area contributed by atoms with Gasteiger partial charge in [-0.05, 0) is 18.6 Å². The number of para-hydroxylation sites is 1. The molecule has 1 atom stereocenters. The van der Waals surface area contributed by atoms with Gasteiger partial charge in [-0.2, -0.15) is 0 Å². The summed E-state index contributed by atoms with van der Waals surface area (Å²) < 4.78 is 5.67. The van der Waals surface area contributed by atoms with Crippen LogP contribution in [0.2, 0.25) is 0 Å². The standard InChI is InChI=1S/C20H21N3O/c1-2-16-14-24-13-12-23(16)20-17-10-6-7-11-18(17)21-19(22-20)15-8-4-3-5-9-15/h3-11,16H,2,12-14H2,1H3. The van der Waals surface area contributed by atoms with E-state index in [1.807, 2.05) is 24.3 Å². The summed E-state index contributed by atoms with van der Waals surface area (Å²) in [5.74, 6) is 1.81. The molecule has 3 aromatic rings. The van der Waals surface area contributed by atoms with Gasteiger partial charge in [-0.15, -0.1) is 0 Å². The van der Waals surface area contributed by atoms with E-state index in [4.69, 9.17) is 14.7 Å². The van der Waals surface area contributed by atoms with Crippen LogP contribution in [0.15, 0.2) is 54.6 Å². The van der Waals surface area contributed by atoms with Gasteiger partial charge in [0.1, 0.15) is 5.82 Å². The Balaban J connectivity index is 1.89. The summed E-state index contributed by atoms with van der Waals surface area (Å²) in [5, 5.41) is 1.11. The van der Waals surface area contributed by atoms with E-state index in [0.717, 1.165) is 54.3 Å². The number of hydrogen-bond acceptors (Lipinski definition) is 4. The molecule has 0 N–H and O–H groups in total. The lowest BCUT2D eigenvalue weighted by atomic mass is 10.1. The van der Waals surface area contributed by atoms with Crippen LogP contribution in [0.4, 0.5) is 5.82 Å². The molecular formula is C20H21N3O. The largest absolute Gasteiger partial charge is 0.377 e. The molecule has 24 heavy (non-hydrogen) atoms. The van der Waals surface area contributed by atoms with Crippen LogP contribution >= 0.6 is 0 Å². The predicted molar refractivity (Wildman–Crippen MR) is 97.2 cm³/mol. The molecule has 1 aliphatic rings. The molecule has 1 saturated heterocycles. The summed E-state index contributed by atoms with van der Waals surface area (Å²) >= 11 is 0. The van der Waals surface area contributed by atoms with Crippen molar-refractivity contribution in [3.63, 3.8) is 0 Å². The molecule has 0 saturated carbocycles. The number of rotatable bonds is 3. The summed E-state index contributed by atoms with van der Waals surface area (Å²) in [4.78, 5) is 12.1. The van der Waals surface area contributed by atoms with Crippen molar-refractivity contribution in [3.05, 3.63) is 54.6 Å². The number of morpholine rings is 1. The summed E-state index contributed by atoms with van der Waals surface area (Å²) in [6, 6.07) is 18.8. The number of benzene rings is 2. The Hall–Kier alpha value is -2.46. The highest BCUT2D eigenvalue weighted by Crippen LogP contribution is 2.30. The highest BCUT2D eigenvalue weighted by Gasteiger charge is 2.25. The number of nitrogens with zero attached hydrogens (tertiary/aromatic N) is 3. The number of ether oxygens (including phenoxy) is 1. The predicted octanol–water partition coefficient (Wildman–Crippen LogP) is 3.91. The third kappa shape index (κ3) is 2.74. The van der Waals surface area contributed by atoms with Gasteiger partial charge >= 0.3 is 0 Å². The summed E-state index contributed by atoms with van der Waals surface area (Å²) in [6.07, 6.45) is 1.04. The average Bonchev–Trinajstić information content (AvgIpc) is 2.68. The van der Waals surface area contributed by atoms with E-state index < -0.39 is 0 Å². The lowest BCUT2D eigenvalue weighted by molar-refractivity contribution is 0.0927. The molecule has 1 unspecified atom stereocenters. The third-order valence-electron chi connectivity index (χ3n) is 4.59. The van der Waals surface area contributed by atoms with Crippen molar-refractivity contribution in [1.29, 1.82) is 0 Å². The fraction of sp³-hybridized carbons (Fsp3) is 0.300. The molecule has 4 heteroatoms. The number of hydrogen-bond donors (Lipinski definition) is 0. The van der Waals surface area contributed by atoms with E-state index in [-0.39, 0.29) is 0 Å². The first kappa shape index (κ1) is 15.1. The zero-order valence-electron chi connectivity index (χ0n) is 13.9. The van der Waals surface area contributed by atoms with Crippen molar-refractivity contribution in [2.75, 3.05) is 24.7 Å². The van der Waals surface area contributed by atoms with E-state index in [0.29, 0.717) is 6.04 Å². The van der Waals surface area contributed by atoms with E-state index >= 15 is 0 Å². The van der Waals surface area contributed by atoms with E-state index in [2.05, 4.69) is 42.2 Å². The molecule has 0 aliphatic carbocycles. The number of aromatic nitrogens is 2. The molecule has 1 fully saturated rings. The van der Waals surface area contributed by atoms with Gasteiger partial charge in [-0.1, -0.05) is 49.4 Å². The van der Waals surface area contributed by atoms with Crippen molar-refractivity contribution < 1.29 is 4.74 Å². The molecule has 4 rings (SSSR count). The monoisotopic (exact) mass is 319 g/mol. The maximum Gasteiger partial charge on any atom is 0.162 e. The highest BCUT2D eigenvalue weighted by atomic mass is 16.5. The Labute approximate surface area is 142 Å². The minimum atomic E-state index is 0.362. The van der Waals surface area contributed by atoms with Crippen LogP contribution in [-0.2, 0) is 4.74 Å². The van der Waals surface area contributed by atoms with Crippen LogP contribution in [-0.4, -0.2) is 35.8 Å². The van der Waals surface area contributed by atoms with Crippen molar-refractivity contribution in [2.45, 2.75) is 19.4 Å². The molecule has 1 aromatic heterocycles. The fourth-order valence-electron chi connectivity index (χ4n) is 3.27. The second-order valence-electron chi connectivity index (χ2n) is 6.08. The average molecular weight is 319 g/mol. The maximum absolute atomic E-state index is 5.67. The Morgan fingerprint density at radius 1 is 1.04 bits per heavy atom. The molecule has 0 bridgehead atoms. The maximum atomic E-state index is 5.67. The minimum absolute atomic E-state index is 0.362. The molecule has 0 spiro atoms. The van der Waals surface area contributed by atoms with Gasteiger partial charge in [-0.3, -0.25) is 0 Å². The summed E-state index contributed by atoms with van der Waals surface area (Å²) in [7, 11) is 0. The Morgan fingerprint density at radius 2 is 1.83 bits per heavy atom. The third-order valence-corrected chi connectivity index (χ3v) is 4.59. The molecule has 2 aromatic carbocycles. The Morgan fingerprint density at radius 3 is 2.67 bits per heavy atom. The van der Waals surface area contributed by atoms with Crippen LogP contribution in [0.5, 0.6) is 0 Å². The highest BCUT2D eigenvalue weighted by molar-refractivity contribution is 5.91. The smallest absolute Gasteiger partial charge is 0.162 e. The summed E-state index contributed by atoms with van der Waals surface area (Å²) in [5.41, 5.74) is 2.04. The van der Waals surface area contributed by atoms with Crippen molar-refractivity contribution in [3.8, 4) is 11.4 Å². The van der Waals surface area contributed by atoms with E-state index in [1.54, 1.807) is 0 Å². The number of anilines is 1. The molecule has 4 nitrogen and oxygen atoms in total. The van der Waals surface area contributed by atoms with Crippen LogP contribution in [0.3, 0.4) is 0 Å². The molecule has 2 heterocycles. The topological polar surface area (TPSA) is 38.2 Å². The van der Waals surface area contributed by atoms with Crippen LogP contribution < -0.4 is 4.90 Å². The van der Waals surface area contributed by atoms with Gasteiger partial charge < -0.3 is 9.64 Å². The molecule has 0 amide bonds. The molecule has 122 valence electrons. The summed E-state index contributed by atoms with van der Waals surface area (Å²) in [6.45, 7) is 4.58. The van der Waals surface area contributed by atoms with E-state index in [9.17, 15) is 0 Å². The Bertz CT molecular complexity index is 835. The van der Waals surface area contributed by atoms with Gasteiger partial charge in [0.05, 0.1) is 24.8 Å². The molecular weight excluding hydrogens is 298 g/mol. The van der Waals surface area contributed by atoms with Crippen LogP contribution in [0.1, 0.15) is 13.3 Å². The lowest BCUT2D eigenvalue weighted by Gasteiger charge is -2.36. The quantitative estimate of drug-likeness (QED) is 0.733. The molecule has 0 radical (unpaired) electrons. The van der Waals surface area contributed by atoms with Crippen LogP contribution in [0.25, 0.3) is 22.3 Å². The van der Waals surface area contributed by atoms with E-state index in [1.165, 1.54) is 0 Å². The lowest BCUT2D eigenvalue weighted by Crippen LogP contribution is -2.45. The van der Waals surface area contributed by atoms with Crippen molar-refractivity contribution in [2.24, 2.45) is 0 Å². The number of fused-ring (bicyclic) bond motifs is 1.